The van der Waals surface area contributed by atoms with E-state index >= 15 is 0 Å². The Kier molecular flexibility index (Phi) is 6.80. The standard InChI is InChI=1S/C17H17Cl3N2O3S/c1-3-15(17(23)21-16-13(19)5-4-6-14(16)20)22(26(2,24)25)12-9-7-11(18)8-10-12/h4-10,15H,3H2,1-2H3,(H,21,23). The summed E-state index contributed by atoms with van der Waals surface area (Å²) in [4.78, 5) is 12.8. The van der Waals surface area contributed by atoms with Gasteiger partial charge in [0.15, 0.2) is 0 Å². The molecule has 0 heterocycles. The predicted molar refractivity (Wildman–Crippen MR) is 108 cm³/mol. The molecular formula is C17H17Cl3N2O3S. The summed E-state index contributed by atoms with van der Waals surface area (Å²) in [5.74, 6) is -0.539. The minimum absolute atomic E-state index is 0.240. The summed E-state index contributed by atoms with van der Waals surface area (Å²) in [5.41, 5.74) is 0.577. The van der Waals surface area contributed by atoms with Gasteiger partial charge in [0, 0.05) is 5.02 Å². The van der Waals surface area contributed by atoms with E-state index in [1.54, 1.807) is 49.4 Å². The van der Waals surface area contributed by atoms with Gasteiger partial charge in [-0.05, 0) is 42.8 Å². The van der Waals surface area contributed by atoms with Gasteiger partial charge in [-0.15, -0.1) is 0 Å². The van der Waals surface area contributed by atoms with Gasteiger partial charge >= 0.3 is 0 Å². The van der Waals surface area contributed by atoms with Crippen molar-refractivity contribution in [3.05, 3.63) is 57.5 Å². The number of carbonyl (C=O) groups is 1. The average Bonchev–Trinajstić information content (AvgIpc) is 2.56. The first-order valence-electron chi connectivity index (χ1n) is 7.65. The van der Waals surface area contributed by atoms with Crippen LogP contribution < -0.4 is 9.62 Å². The fourth-order valence-electron chi connectivity index (χ4n) is 2.47. The van der Waals surface area contributed by atoms with Gasteiger partial charge in [-0.3, -0.25) is 9.10 Å². The van der Waals surface area contributed by atoms with E-state index in [4.69, 9.17) is 34.8 Å². The van der Waals surface area contributed by atoms with Gasteiger partial charge in [0.1, 0.15) is 6.04 Å². The normalized spacial score (nSPS) is 12.5. The van der Waals surface area contributed by atoms with E-state index < -0.39 is 22.0 Å². The van der Waals surface area contributed by atoms with Crippen LogP contribution in [0.25, 0.3) is 0 Å². The Hall–Kier alpha value is -1.47. The number of para-hydroxylation sites is 1. The first-order valence-corrected chi connectivity index (χ1v) is 10.6. The third kappa shape index (κ3) is 4.82. The van der Waals surface area contributed by atoms with Gasteiger partial charge in [0.2, 0.25) is 15.9 Å². The van der Waals surface area contributed by atoms with E-state index in [9.17, 15) is 13.2 Å². The van der Waals surface area contributed by atoms with Crippen molar-refractivity contribution in [2.24, 2.45) is 0 Å². The van der Waals surface area contributed by atoms with Crippen molar-refractivity contribution >= 4 is 62.1 Å². The van der Waals surface area contributed by atoms with Crippen LogP contribution >= 0.6 is 34.8 Å². The Bertz CT molecular complexity index is 882. The maximum atomic E-state index is 12.8. The lowest BCUT2D eigenvalue weighted by molar-refractivity contribution is -0.117. The van der Waals surface area contributed by atoms with Crippen LogP contribution in [0.2, 0.25) is 15.1 Å². The number of anilines is 2. The monoisotopic (exact) mass is 434 g/mol. The van der Waals surface area contributed by atoms with Crippen molar-refractivity contribution in [3.8, 4) is 0 Å². The molecule has 0 fully saturated rings. The fraction of sp³-hybridized carbons (Fsp3) is 0.235. The van der Waals surface area contributed by atoms with Gasteiger partial charge in [0.05, 0.1) is 27.7 Å². The van der Waals surface area contributed by atoms with Gasteiger partial charge in [0.25, 0.3) is 0 Å². The Labute approximate surface area is 167 Å². The molecule has 0 saturated carbocycles. The molecule has 2 aromatic rings. The molecule has 1 unspecified atom stereocenters. The van der Waals surface area contributed by atoms with E-state index in [2.05, 4.69) is 5.32 Å². The highest BCUT2D eigenvalue weighted by molar-refractivity contribution is 7.92. The van der Waals surface area contributed by atoms with Crippen molar-refractivity contribution < 1.29 is 13.2 Å². The number of carbonyl (C=O) groups excluding carboxylic acids is 1. The molecule has 2 rings (SSSR count). The van der Waals surface area contributed by atoms with Crippen LogP contribution in [0.1, 0.15) is 13.3 Å². The van der Waals surface area contributed by atoms with Crippen LogP contribution in [0.3, 0.4) is 0 Å². The quantitative estimate of drug-likeness (QED) is 0.706. The molecule has 0 aliphatic carbocycles. The van der Waals surface area contributed by atoms with Crippen LogP contribution in [0.4, 0.5) is 11.4 Å². The number of nitrogens with one attached hydrogen (secondary N) is 1. The lowest BCUT2D eigenvalue weighted by Crippen LogP contribution is -2.47. The number of nitrogens with zero attached hydrogens (tertiary/aromatic N) is 1. The van der Waals surface area contributed by atoms with Crippen molar-refractivity contribution in [1.29, 1.82) is 0 Å². The third-order valence-electron chi connectivity index (χ3n) is 3.62. The molecule has 9 heteroatoms. The zero-order valence-electron chi connectivity index (χ0n) is 14.0. The first-order chi connectivity index (χ1) is 12.1. The van der Waals surface area contributed by atoms with Gasteiger partial charge < -0.3 is 5.32 Å². The molecule has 1 N–H and O–H groups in total. The van der Waals surface area contributed by atoms with Crippen LogP contribution in [-0.2, 0) is 14.8 Å². The number of rotatable bonds is 6. The summed E-state index contributed by atoms with van der Waals surface area (Å²) in [7, 11) is -3.74. The van der Waals surface area contributed by atoms with Gasteiger partial charge in [-0.1, -0.05) is 47.8 Å². The second-order valence-corrected chi connectivity index (χ2v) is 8.66. The summed E-state index contributed by atoms with van der Waals surface area (Å²) in [6.07, 6.45) is 1.28. The molecule has 0 bridgehead atoms. The molecule has 2 aromatic carbocycles. The molecule has 140 valence electrons. The molecule has 0 aliphatic heterocycles. The summed E-state index contributed by atoms with van der Waals surface area (Å²) < 4.78 is 25.8. The minimum Gasteiger partial charge on any atom is -0.322 e. The number of hydrogen-bond acceptors (Lipinski definition) is 3. The Morgan fingerprint density at radius 1 is 1.08 bits per heavy atom. The lowest BCUT2D eigenvalue weighted by atomic mass is 10.2. The highest BCUT2D eigenvalue weighted by atomic mass is 35.5. The average molecular weight is 436 g/mol. The zero-order chi connectivity index (χ0) is 19.5. The summed E-state index contributed by atoms with van der Waals surface area (Å²) in [5, 5.41) is 3.61. The van der Waals surface area contributed by atoms with Gasteiger partial charge in [-0.25, -0.2) is 8.42 Å². The number of halogens is 3. The number of sulfonamides is 1. The maximum absolute atomic E-state index is 12.8. The van der Waals surface area contributed by atoms with Crippen LogP contribution in [-0.4, -0.2) is 26.6 Å². The maximum Gasteiger partial charge on any atom is 0.248 e. The fourth-order valence-corrected chi connectivity index (χ4v) is 4.30. The number of benzene rings is 2. The van der Waals surface area contributed by atoms with E-state index in [0.29, 0.717) is 10.7 Å². The predicted octanol–water partition coefficient (Wildman–Crippen LogP) is 4.83. The van der Waals surface area contributed by atoms with Crippen molar-refractivity contribution in [1.82, 2.24) is 0 Å². The zero-order valence-corrected chi connectivity index (χ0v) is 17.1. The summed E-state index contributed by atoms with van der Waals surface area (Å²) in [6.45, 7) is 1.71. The molecule has 1 amide bonds. The second-order valence-electron chi connectivity index (χ2n) is 5.55. The molecule has 0 saturated heterocycles. The molecule has 0 aliphatic rings. The topological polar surface area (TPSA) is 66.5 Å². The highest BCUT2D eigenvalue weighted by Crippen LogP contribution is 2.31. The third-order valence-corrected chi connectivity index (χ3v) is 5.68. The molecule has 0 spiro atoms. The van der Waals surface area contributed by atoms with Crippen LogP contribution in [0.5, 0.6) is 0 Å². The lowest BCUT2D eigenvalue weighted by Gasteiger charge is -2.30. The Balaban J connectivity index is 2.41. The molecule has 5 nitrogen and oxygen atoms in total. The number of hydrogen-bond donors (Lipinski definition) is 1. The Morgan fingerprint density at radius 2 is 1.62 bits per heavy atom. The molecule has 0 radical (unpaired) electrons. The molecule has 0 aromatic heterocycles. The van der Waals surface area contributed by atoms with E-state index in [1.165, 1.54) is 0 Å². The first kappa shape index (κ1) is 20.8. The summed E-state index contributed by atoms with van der Waals surface area (Å²) in [6, 6.07) is 10.0. The second kappa shape index (κ2) is 8.48. The minimum atomic E-state index is -3.74. The van der Waals surface area contributed by atoms with Crippen molar-refractivity contribution in [2.45, 2.75) is 19.4 Å². The van der Waals surface area contributed by atoms with Gasteiger partial charge in [-0.2, -0.15) is 0 Å². The van der Waals surface area contributed by atoms with Crippen molar-refractivity contribution in [3.63, 3.8) is 0 Å². The van der Waals surface area contributed by atoms with Crippen LogP contribution in [0.15, 0.2) is 42.5 Å². The van der Waals surface area contributed by atoms with E-state index in [1.807, 2.05) is 0 Å². The molecule has 1 atom stereocenters. The summed E-state index contributed by atoms with van der Waals surface area (Å²) >= 11 is 18.0. The van der Waals surface area contributed by atoms with E-state index in [-0.39, 0.29) is 22.2 Å². The SMILES string of the molecule is CCC(C(=O)Nc1c(Cl)cccc1Cl)N(c1ccc(Cl)cc1)S(C)(=O)=O. The van der Waals surface area contributed by atoms with Crippen molar-refractivity contribution in [2.75, 3.05) is 15.9 Å². The smallest absolute Gasteiger partial charge is 0.248 e. The molecule has 26 heavy (non-hydrogen) atoms. The van der Waals surface area contributed by atoms with E-state index in [0.717, 1.165) is 10.6 Å². The Morgan fingerprint density at radius 3 is 2.08 bits per heavy atom. The largest absolute Gasteiger partial charge is 0.322 e. The number of amides is 1. The van der Waals surface area contributed by atoms with Crippen LogP contribution in [0, 0.1) is 0 Å². The molecular weight excluding hydrogens is 419 g/mol. The highest BCUT2D eigenvalue weighted by Gasteiger charge is 2.32.